The van der Waals surface area contributed by atoms with Gasteiger partial charge in [0.2, 0.25) is 0 Å². The van der Waals surface area contributed by atoms with E-state index < -0.39 is 17.9 Å². The van der Waals surface area contributed by atoms with Crippen molar-refractivity contribution in [3.8, 4) is 0 Å². The summed E-state index contributed by atoms with van der Waals surface area (Å²) in [7, 11) is 0. The molecule has 0 saturated carbocycles. The van der Waals surface area contributed by atoms with Gasteiger partial charge in [-0.1, -0.05) is 47.5 Å². The average molecular weight is 419 g/mol. The zero-order valence-electron chi connectivity index (χ0n) is 15.7. The van der Waals surface area contributed by atoms with Crippen LogP contribution in [0.2, 0.25) is 0 Å². The summed E-state index contributed by atoms with van der Waals surface area (Å²) in [4.78, 5) is 29.6. The number of rotatable bonds is 7. The Bertz CT molecular complexity index is 290. The van der Waals surface area contributed by atoms with E-state index in [1.165, 1.54) is 12.8 Å². The standard InChI is InChI=1S/3C4H8O2S.C4H10/c3*1-3(2-7)4(5)6;1-3-4-2/h3*3,7H,2H2,1H3,(H,5,6);3-4H2,1-2H3. The van der Waals surface area contributed by atoms with Crippen molar-refractivity contribution in [2.75, 3.05) is 17.3 Å². The highest BCUT2D eigenvalue weighted by molar-refractivity contribution is 7.80. The molecule has 0 fully saturated rings. The molecule has 0 radical (unpaired) electrons. The van der Waals surface area contributed by atoms with Gasteiger partial charge in [-0.05, 0) is 0 Å². The van der Waals surface area contributed by atoms with Gasteiger partial charge in [0.1, 0.15) is 0 Å². The molecule has 0 heterocycles. The van der Waals surface area contributed by atoms with E-state index in [0.717, 1.165) is 0 Å². The lowest BCUT2D eigenvalue weighted by atomic mass is 10.2. The largest absolute Gasteiger partial charge is 0.481 e. The molecule has 0 rings (SSSR count). The molecular formula is C16H34O6S3. The van der Waals surface area contributed by atoms with Crippen LogP contribution in [0.3, 0.4) is 0 Å². The molecule has 3 atom stereocenters. The van der Waals surface area contributed by atoms with Crippen molar-refractivity contribution in [3.05, 3.63) is 0 Å². The van der Waals surface area contributed by atoms with Crippen LogP contribution in [0.5, 0.6) is 0 Å². The fourth-order valence-electron chi connectivity index (χ4n) is 0.234. The molecule has 3 N–H and O–H groups in total. The molecule has 0 aliphatic carbocycles. The van der Waals surface area contributed by atoms with Crippen LogP contribution in [0.1, 0.15) is 47.5 Å². The highest BCUT2D eigenvalue weighted by Gasteiger charge is 2.06. The lowest BCUT2D eigenvalue weighted by Crippen LogP contribution is -2.09. The summed E-state index contributed by atoms with van der Waals surface area (Å²) < 4.78 is 0. The number of thiol groups is 3. The third-order valence-corrected chi connectivity index (χ3v) is 4.23. The van der Waals surface area contributed by atoms with Crippen LogP contribution in [0.15, 0.2) is 0 Å². The first-order valence-corrected chi connectivity index (χ1v) is 9.87. The van der Waals surface area contributed by atoms with Gasteiger partial charge >= 0.3 is 17.9 Å². The second-order valence-electron chi connectivity index (χ2n) is 5.27. The number of carboxylic acid groups (broad SMARTS) is 3. The molecule has 0 aromatic rings. The van der Waals surface area contributed by atoms with Crippen LogP contribution in [-0.2, 0) is 14.4 Å². The number of hydrogen-bond donors (Lipinski definition) is 6. The van der Waals surface area contributed by atoms with E-state index in [2.05, 4.69) is 51.7 Å². The van der Waals surface area contributed by atoms with Crippen molar-refractivity contribution in [3.63, 3.8) is 0 Å². The maximum absolute atomic E-state index is 9.88. The summed E-state index contributed by atoms with van der Waals surface area (Å²) in [6, 6.07) is 0. The maximum Gasteiger partial charge on any atom is 0.307 e. The molecule has 0 aliphatic heterocycles. The van der Waals surface area contributed by atoms with Crippen LogP contribution >= 0.6 is 37.9 Å². The number of hydrogen-bond acceptors (Lipinski definition) is 6. The summed E-state index contributed by atoms with van der Waals surface area (Å²) in [5, 5.41) is 24.4. The second-order valence-corrected chi connectivity index (χ2v) is 6.36. The van der Waals surface area contributed by atoms with Crippen molar-refractivity contribution in [1.82, 2.24) is 0 Å². The van der Waals surface area contributed by atoms with Crippen LogP contribution in [-0.4, -0.2) is 50.5 Å². The highest BCUT2D eigenvalue weighted by Crippen LogP contribution is 1.96. The predicted octanol–water partition coefficient (Wildman–Crippen LogP) is 3.72. The lowest BCUT2D eigenvalue weighted by Gasteiger charge is -1.95. The maximum atomic E-state index is 9.88. The highest BCUT2D eigenvalue weighted by atomic mass is 32.1. The molecule has 0 saturated heterocycles. The van der Waals surface area contributed by atoms with Crippen molar-refractivity contribution in [2.45, 2.75) is 47.5 Å². The molecular weight excluding hydrogens is 384 g/mol. The van der Waals surface area contributed by atoms with Gasteiger partial charge in [0, 0.05) is 17.3 Å². The van der Waals surface area contributed by atoms with Crippen molar-refractivity contribution in [1.29, 1.82) is 0 Å². The number of carbonyl (C=O) groups is 3. The number of aliphatic carboxylic acids is 3. The third kappa shape index (κ3) is 31.7. The molecule has 0 aromatic carbocycles. The van der Waals surface area contributed by atoms with Crippen molar-refractivity contribution >= 4 is 55.8 Å². The fraction of sp³-hybridized carbons (Fsp3) is 0.812. The summed E-state index contributed by atoms with van der Waals surface area (Å²) >= 11 is 11.3. The Balaban J connectivity index is -0.000000120. The van der Waals surface area contributed by atoms with Gasteiger partial charge in [-0.25, -0.2) is 0 Å². The van der Waals surface area contributed by atoms with Gasteiger partial charge in [-0.2, -0.15) is 37.9 Å². The lowest BCUT2D eigenvalue weighted by molar-refractivity contribution is -0.141. The normalized spacial score (nSPS) is 12.5. The molecule has 25 heavy (non-hydrogen) atoms. The Labute approximate surface area is 168 Å². The van der Waals surface area contributed by atoms with Crippen LogP contribution < -0.4 is 0 Å². The Morgan fingerprint density at radius 2 is 0.800 bits per heavy atom. The molecule has 0 aliphatic rings. The zero-order valence-corrected chi connectivity index (χ0v) is 18.4. The zero-order chi connectivity index (χ0) is 21.0. The van der Waals surface area contributed by atoms with E-state index in [-0.39, 0.29) is 17.8 Å². The minimum Gasteiger partial charge on any atom is -0.481 e. The molecule has 0 aromatic heterocycles. The summed E-state index contributed by atoms with van der Waals surface area (Å²) in [6.07, 6.45) is 2.64. The van der Waals surface area contributed by atoms with E-state index in [1.54, 1.807) is 20.8 Å². The van der Waals surface area contributed by atoms with Gasteiger partial charge in [-0.15, -0.1) is 0 Å². The first-order chi connectivity index (χ1) is 11.5. The molecule has 6 nitrogen and oxygen atoms in total. The topological polar surface area (TPSA) is 112 Å². The van der Waals surface area contributed by atoms with E-state index in [0.29, 0.717) is 17.3 Å². The summed E-state index contributed by atoms with van der Waals surface area (Å²) in [5.74, 6) is -2.06. The second kappa shape index (κ2) is 23.5. The molecule has 0 bridgehead atoms. The molecule has 3 unspecified atom stereocenters. The Kier molecular flexibility index (Phi) is 30.2. The van der Waals surface area contributed by atoms with E-state index >= 15 is 0 Å². The van der Waals surface area contributed by atoms with E-state index in [1.807, 2.05) is 0 Å². The summed E-state index contributed by atoms with van der Waals surface area (Å²) in [6.45, 7) is 9.22. The van der Waals surface area contributed by atoms with Gasteiger partial charge < -0.3 is 15.3 Å². The minimum atomic E-state index is -0.782. The van der Waals surface area contributed by atoms with Crippen molar-refractivity contribution < 1.29 is 29.7 Å². The Morgan fingerprint density at radius 1 is 0.640 bits per heavy atom. The number of unbranched alkanes of at least 4 members (excludes halogenated alkanes) is 1. The smallest absolute Gasteiger partial charge is 0.307 e. The third-order valence-electron chi connectivity index (χ3n) is 2.59. The predicted molar refractivity (Wildman–Crippen MR) is 113 cm³/mol. The van der Waals surface area contributed by atoms with Gasteiger partial charge in [0.25, 0.3) is 0 Å². The summed E-state index contributed by atoms with van der Waals surface area (Å²) in [5.41, 5.74) is 0. The van der Waals surface area contributed by atoms with Crippen molar-refractivity contribution in [2.24, 2.45) is 17.8 Å². The van der Waals surface area contributed by atoms with Gasteiger partial charge in [0.15, 0.2) is 0 Å². The monoisotopic (exact) mass is 418 g/mol. The molecule has 9 heteroatoms. The van der Waals surface area contributed by atoms with Crippen LogP contribution in [0.25, 0.3) is 0 Å². The Morgan fingerprint density at radius 3 is 0.800 bits per heavy atom. The SMILES string of the molecule is CC(CS)C(=O)O.CC(CS)C(=O)O.CC(CS)C(=O)O.CCCC. The van der Waals surface area contributed by atoms with E-state index in [9.17, 15) is 14.4 Å². The van der Waals surface area contributed by atoms with Crippen LogP contribution in [0.4, 0.5) is 0 Å². The molecule has 0 spiro atoms. The molecule has 152 valence electrons. The Hall–Kier alpha value is -0.540. The fourth-order valence-corrected chi connectivity index (χ4v) is 0.703. The van der Waals surface area contributed by atoms with Gasteiger partial charge in [-0.3, -0.25) is 14.4 Å². The average Bonchev–Trinajstić information content (AvgIpc) is 2.60. The van der Waals surface area contributed by atoms with Crippen LogP contribution in [0, 0.1) is 17.8 Å². The van der Waals surface area contributed by atoms with E-state index in [4.69, 9.17) is 15.3 Å². The first kappa shape index (κ1) is 32.2. The molecule has 0 amide bonds. The minimum absolute atomic E-state index is 0.316. The first-order valence-electron chi connectivity index (χ1n) is 7.97. The quantitative estimate of drug-likeness (QED) is 0.352. The van der Waals surface area contributed by atoms with Gasteiger partial charge in [0.05, 0.1) is 17.8 Å². The number of carboxylic acids is 3.